The molecule has 1 aliphatic carbocycles. The predicted molar refractivity (Wildman–Crippen MR) is 86.7 cm³/mol. The van der Waals surface area contributed by atoms with Crippen molar-refractivity contribution in [2.75, 3.05) is 5.88 Å². The van der Waals surface area contributed by atoms with E-state index >= 15 is 0 Å². The topological polar surface area (TPSA) is 63.6 Å². The van der Waals surface area contributed by atoms with Crippen LogP contribution in [0.4, 0.5) is 0 Å². The summed E-state index contributed by atoms with van der Waals surface area (Å²) >= 11 is 5.42. The Bertz CT molecular complexity index is 541. The number of ketones is 1. The number of aliphatic hydroxyl groups is 1. The van der Waals surface area contributed by atoms with Crippen LogP contribution in [0, 0.1) is 5.41 Å². The van der Waals surface area contributed by atoms with Gasteiger partial charge >= 0.3 is 5.97 Å². The van der Waals surface area contributed by atoms with Crippen LogP contribution in [0.25, 0.3) is 0 Å². The highest BCUT2D eigenvalue weighted by Crippen LogP contribution is 2.40. The zero-order valence-electron chi connectivity index (χ0n) is 13.5. The first kappa shape index (κ1) is 18.7. The van der Waals surface area contributed by atoms with E-state index in [2.05, 4.69) is 6.58 Å². The molecule has 1 aliphatic rings. The highest BCUT2D eigenvalue weighted by atomic mass is 35.5. The third kappa shape index (κ3) is 4.31. The van der Waals surface area contributed by atoms with Crippen molar-refractivity contribution in [2.24, 2.45) is 5.41 Å². The summed E-state index contributed by atoms with van der Waals surface area (Å²) in [5.74, 6) is -1.10. The van der Waals surface area contributed by atoms with E-state index in [-0.39, 0.29) is 17.1 Å². The summed E-state index contributed by atoms with van der Waals surface area (Å²) in [5.41, 5.74) is -0.172. The van der Waals surface area contributed by atoms with E-state index in [1.807, 2.05) is 13.8 Å². The molecule has 0 aliphatic heterocycles. The van der Waals surface area contributed by atoms with Gasteiger partial charge in [0.15, 0.2) is 11.9 Å². The second-order valence-electron chi connectivity index (χ2n) is 6.37. The summed E-state index contributed by atoms with van der Waals surface area (Å²) in [7, 11) is 0. The number of carbonyl (C=O) groups is 2. The minimum absolute atomic E-state index is 0.226. The standard InChI is InChI=1S/C17H23ClO4/c1-6-17(5,21)8-7-12-11(2)15(20)13(9-16(12,3)4)22-14(19)10-18/h6-8,13,21H,1,9-10H2,2-5H3/t13-,17?/m0/s1. The normalized spacial score (nSPS) is 24.3. The van der Waals surface area contributed by atoms with Gasteiger partial charge in [-0.3, -0.25) is 9.59 Å². The maximum absolute atomic E-state index is 12.4. The number of hydrogen-bond donors (Lipinski definition) is 1. The van der Waals surface area contributed by atoms with Crippen molar-refractivity contribution in [1.82, 2.24) is 0 Å². The fraction of sp³-hybridized carbons (Fsp3) is 0.529. The minimum Gasteiger partial charge on any atom is -0.453 e. The van der Waals surface area contributed by atoms with Gasteiger partial charge in [-0.15, -0.1) is 11.6 Å². The van der Waals surface area contributed by atoms with Crippen molar-refractivity contribution in [3.63, 3.8) is 0 Å². The van der Waals surface area contributed by atoms with Crippen LogP contribution >= 0.6 is 11.6 Å². The molecule has 122 valence electrons. The van der Waals surface area contributed by atoms with E-state index in [1.54, 1.807) is 26.0 Å². The SMILES string of the molecule is C=CC(C)(O)C=CC1=C(C)C(=O)[C@@H](OC(=O)CCl)CC1(C)C. The monoisotopic (exact) mass is 326 g/mol. The number of esters is 1. The number of carbonyl (C=O) groups excluding carboxylic acids is 2. The molecule has 0 aromatic heterocycles. The summed E-state index contributed by atoms with van der Waals surface area (Å²) in [6.07, 6.45) is 4.33. The maximum Gasteiger partial charge on any atom is 0.321 e. The Morgan fingerprint density at radius 2 is 2.18 bits per heavy atom. The first-order valence-electron chi connectivity index (χ1n) is 7.10. The fourth-order valence-corrected chi connectivity index (χ4v) is 2.57. The molecule has 0 fully saturated rings. The molecule has 4 nitrogen and oxygen atoms in total. The molecule has 22 heavy (non-hydrogen) atoms. The molecule has 0 radical (unpaired) electrons. The molecule has 0 aromatic rings. The molecule has 0 saturated heterocycles. The Morgan fingerprint density at radius 1 is 1.59 bits per heavy atom. The van der Waals surface area contributed by atoms with Gasteiger partial charge in [0.05, 0.1) is 5.60 Å². The lowest BCUT2D eigenvalue weighted by molar-refractivity contribution is -0.153. The molecule has 1 rings (SSSR count). The van der Waals surface area contributed by atoms with E-state index in [4.69, 9.17) is 16.3 Å². The van der Waals surface area contributed by atoms with Crippen LogP contribution in [0.3, 0.4) is 0 Å². The zero-order chi connectivity index (χ0) is 17.1. The van der Waals surface area contributed by atoms with Gasteiger partial charge in [-0.2, -0.15) is 0 Å². The molecule has 0 heterocycles. The lowest BCUT2D eigenvalue weighted by Gasteiger charge is -2.36. The molecule has 1 unspecified atom stereocenters. The summed E-state index contributed by atoms with van der Waals surface area (Å²) < 4.78 is 5.13. The van der Waals surface area contributed by atoms with Crippen LogP contribution in [0.5, 0.6) is 0 Å². The third-order valence-electron chi connectivity index (χ3n) is 3.87. The minimum atomic E-state index is -1.14. The molecular formula is C17H23ClO4. The smallest absolute Gasteiger partial charge is 0.321 e. The average molecular weight is 327 g/mol. The highest BCUT2D eigenvalue weighted by Gasteiger charge is 2.39. The summed E-state index contributed by atoms with van der Waals surface area (Å²) in [6, 6.07) is 0. The first-order valence-corrected chi connectivity index (χ1v) is 7.64. The highest BCUT2D eigenvalue weighted by molar-refractivity contribution is 6.26. The molecule has 0 saturated carbocycles. The van der Waals surface area contributed by atoms with Gasteiger partial charge in [0.2, 0.25) is 0 Å². The number of alkyl halides is 1. The molecule has 0 amide bonds. The van der Waals surface area contributed by atoms with Crippen molar-refractivity contribution < 1.29 is 19.4 Å². The van der Waals surface area contributed by atoms with Crippen molar-refractivity contribution >= 4 is 23.4 Å². The quantitative estimate of drug-likeness (QED) is 0.479. The predicted octanol–water partition coefficient (Wildman–Crippen LogP) is 2.95. The van der Waals surface area contributed by atoms with Gasteiger partial charge in [-0.1, -0.05) is 32.6 Å². The van der Waals surface area contributed by atoms with Gasteiger partial charge in [0.25, 0.3) is 0 Å². The Balaban J connectivity index is 3.15. The Kier molecular flexibility index (Phi) is 5.76. The van der Waals surface area contributed by atoms with E-state index in [0.29, 0.717) is 12.0 Å². The van der Waals surface area contributed by atoms with Crippen molar-refractivity contribution in [3.8, 4) is 0 Å². The Labute approximate surface area is 136 Å². The van der Waals surface area contributed by atoms with Gasteiger partial charge in [0.1, 0.15) is 5.88 Å². The second kappa shape index (κ2) is 6.80. The molecular weight excluding hydrogens is 304 g/mol. The molecule has 0 aromatic carbocycles. The van der Waals surface area contributed by atoms with Gasteiger partial charge < -0.3 is 9.84 Å². The lowest BCUT2D eigenvalue weighted by Crippen LogP contribution is -2.39. The fourth-order valence-electron chi connectivity index (χ4n) is 2.50. The van der Waals surface area contributed by atoms with E-state index < -0.39 is 17.7 Å². The number of allylic oxidation sites excluding steroid dienone is 2. The first-order chi connectivity index (χ1) is 10.0. The third-order valence-corrected chi connectivity index (χ3v) is 4.09. The summed E-state index contributed by atoms with van der Waals surface area (Å²) in [5, 5.41) is 9.98. The Hall–Kier alpha value is -1.39. The van der Waals surface area contributed by atoms with Gasteiger partial charge in [-0.05, 0) is 36.5 Å². The van der Waals surface area contributed by atoms with Crippen LogP contribution < -0.4 is 0 Å². The molecule has 1 N–H and O–H groups in total. The zero-order valence-corrected chi connectivity index (χ0v) is 14.2. The van der Waals surface area contributed by atoms with Crippen molar-refractivity contribution in [1.29, 1.82) is 0 Å². The average Bonchev–Trinajstić information content (AvgIpc) is 2.43. The molecule has 5 heteroatoms. The van der Waals surface area contributed by atoms with Gasteiger partial charge in [0, 0.05) is 6.42 Å². The van der Waals surface area contributed by atoms with Crippen LogP contribution in [-0.2, 0) is 14.3 Å². The number of rotatable bonds is 5. The van der Waals surface area contributed by atoms with Crippen LogP contribution in [0.15, 0.2) is 36.0 Å². The molecule has 2 atom stereocenters. The number of Topliss-reactive ketones (excluding diaryl/α,β-unsaturated/α-hetero) is 1. The van der Waals surface area contributed by atoms with E-state index in [9.17, 15) is 14.7 Å². The van der Waals surface area contributed by atoms with E-state index in [0.717, 1.165) is 5.57 Å². The number of ether oxygens (including phenoxy) is 1. The molecule has 0 spiro atoms. The van der Waals surface area contributed by atoms with Crippen molar-refractivity contribution in [2.45, 2.75) is 45.8 Å². The summed E-state index contributed by atoms with van der Waals surface area (Å²) in [6.45, 7) is 10.8. The van der Waals surface area contributed by atoms with Crippen LogP contribution in [0.2, 0.25) is 0 Å². The number of halogens is 1. The van der Waals surface area contributed by atoms with Crippen molar-refractivity contribution in [3.05, 3.63) is 36.0 Å². The number of hydrogen-bond acceptors (Lipinski definition) is 4. The van der Waals surface area contributed by atoms with E-state index in [1.165, 1.54) is 6.08 Å². The van der Waals surface area contributed by atoms with Crippen LogP contribution in [0.1, 0.15) is 34.1 Å². The lowest BCUT2D eigenvalue weighted by atomic mass is 9.70. The Morgan fingerprint density at radius 3 is 2.68 bits per heavy atom. The maximum atomic E-state index is 12.4. The second-order valence-corrected chi connectivity index (χ2v) is 6.63. The van der Waals surface area contributed by atoms with Crippen LogP contribution in [-0.4, -0.2) is 34.4 Å². The largest absolute Gasteiger partial charge is 0.453 e. The molecule has 0 bridgehead atoms. The van der Waals surface area contributed by atoms with Gasteiger partial charge in [-0.25, -0.2) is 0 Å². The summed E-state index contributed by atoms with van der Waals surface area (Å²) in [4.78, 5) is 23.7.